The summed E-state index contributed by atoms with van der Waals surface area (Å²) in [4.78, 5) is 36.4. The maximum atomic E-state index is 12.8. The van der Waals surface area contributed by atoms with Crippen LogP contribution in [-0.2, 0) is 16.6 Å². The second-order valence-electron chi connectivity index (χ2n) is 9.25. The molecule has 2 aromatic carbocycles. The van der Waals surface area contributed by atoms with Gasteiger partial charge in [0.15, 0.2) is 5.69 Å². The Morgan fingerprint density at radius 3 is 2.26 bits per heavy atom. The minimum atomic E-state index is -0.942. The molecule has 0 aliphatic heterocycles. The van der Waals surface area contributed by atoms with Crippen LogP contribution in [0.1, 0.15) is 54.2 Å². The minimum absolute atomic E-state index is 0.0180. The zero-order valence-corrected chi connectivity index (χ0v) is 19.9. The second kappa shape index (κ2) is 9.61. The average molecular weight is 477 g/mol. The number of carboxylic acid groups (broad SMARTS) is 1. The van der Waals surface area contributed by atoms with E-state index in [4.69, 9.17) is 9.84 Å². The third-order valence-electron chi connectivity index (χ3n) is 6.04. The van der Waals surface area contributed by atoms with Crippen LogP contribution >= 0.6 is 0 Å². The number of fused-ring (bicyclic) bond motifs is 3. The Bertz CT molecular complexity index is 1230. The summed E-state index contributed by atoms with van der Waals surface area (Å²) in [5.74, 6) is -1.54. The van der Waals surface area contributed by atoms with E-state index in [-0.39, 0.29) is 36.7 Å². The van der Waals surface area contributed by atoms with Crippen LogP contribution in [0, 0.1) is 0 Å². The molecule has 3 aromatic rings. The van der Waals surface area contributed by atoms with E-state index in [0.717, 1.165) is 22.3 Å². The molecular weight excluding hydrogens is 448 g/mol. The molecule has 1 aromatic heterocycles. The Labute approximate surface area is 203 Å². The van der Waals surface area contributed by atoms with E-state index in [2.05, 4.69) is 27.9 Å². The van der Waals surface area contributed by atoms with Crippen molar-refractivity contribution in [2.45, 2.75) is 38.1 Å². The highest BCUT2D eigenvalue weighted by Gasteiger charge is 2.30. The van der Waals surface area contributed by atoms with Gasteiger partial charge < -0.3 is 15.2 Å². The smallest absolute Gasteiger partial charge is 0.411 e. The summed E-state index contributed by atoms with van der Waals surface area (Å²) in [5, 5.41) is 18.5. The number of rotatable bonds is 8. The van der Waals surface area contributed by atoms with Crippen molar-refractivity contribution in [3.8, 4) is 11.1 Å². The molecule has 0 bridgehead atoms. The molecule has 1 heterocycles. The van der Waals surface area contributed by atoms with Gasteiger partial charge in [0.2, 0.25) is 0 Å². The first-order chi connectivity index (χ1) is 16.6. The molecule has 0 atom stereocenters. The molecule has 9 heteroatoms. The number of hydrogen-bond acceptors (Lipinski definition) is 5. The van der Waals surface area contributed by atoms with Crippen LogP contribution in [0.2, 0.25) is 0 Å². The largest absolute Gasteiger partial charge is 0.481 e. The zero-order valence-electron chi connectivity index (χ0n) is 19.9. The Morgan fingerprint density at radius 1 is 1.06 bits per heavy atom. The molecule has 182 valence electrons. The number of benzene rings is 2. The van der Waals surface area contributed by atoms with E-state index in [1.165, 1.54) is 10.9 Å². The van der Waals surface area contributed by atoms with Crippen molar-refractivity contribution in [2.24, 2.45) is 7.05 Å². The van der Waals surface area contributed by atoms with Crippen molar-refractivity contribution < 1.29 is 24.2 Å². The predicted octanol–water partition coefficient (Wildman–Crippen LogP) is 4.15. The van der Waals surface area contributed by atoms with Gasteiger partial charge in [0.05, 0.1) is 5.69 Å². The van der Waals surface area contributed by atoms with E-state index in [1.807, 2.05) is 36.4 Å². The van der Waals surface area contributed by atoms with Crippen molar-refractivity contribution in [3.63, 3.8) is 0 Å². The van der Waals surface area contributed by atoms with Crippen LogP contribution < -0.4 is 10.6 Å². The normalized spacial score (nSPS) is 12.5. The van der Waals surface area contributed by atoms with E-state index in [0.29, 0.717) is 0 Å². The first-order valence-electron chi connectivity index (χ1n) is 11.3. The van der Waals surface area contributed by atoms with E-state index in [1.54, 1.807) is 20.9 Å². The lowest BCUT2D eigenvalue weighted by atomic mass is 9.98. The number of carbonyl (C=O) groups excluding carboxylic acids is 2. The molecule has 35 heavy (non-hydrogen) atoms. The topological polar surface area (TPSA) is 123 Å². The number of amides is 2. The lowest BCUT2D eigenvalue weighted by Gasteiger charge is -2.25. The number of aromatic nitrogens is 2. The number of aryl methyl sites for hydroxylation is 1. The summed E-state index contributed by atoms with van der Waals surface area (Å²) in [7, 11) is 1.63. The molecule has 9 nitrogen and oxygen atoms in total. The molecule has 1 aliphatic carbocycles. The average Bonchev–Trinajstić information content (AvgIpc) is 3.33. The third kappa shape index (κ3) is 5.34. The molecular formula is C26H28N4O5. The molecule has 0 spiro atoms. The van der Waals surface area contributed by atoms with Gasteiger partial charge in [0.1, 0.15) is 6.61 Å². The van der Waals surface area contributed by atoms with Crippen molar-refractivity contribution >= 4 is 23.7 Å². The fraction of sp³-hybridized carbons (Fsp3) is 0.308. The second-order valence-corrected chi connectivity index (χ2v) is 9.25. The molecule has 0 saturated heterocycles. The zero-order chi connectivity index (χ0) is 25.2. The number of nitrogens with one attached hydrogen (secondary N) is 2. The van der Waals surface area contributed by atoms with Gasteiger partial charge in [-0.25, -0.2) is 4.79 Å². The Hall–Kier alpha value is -4.14. The quantitative estimate of drug-likeness (QED) is 0.449. The summed E-state index contributed by atoms with van der Waals surface area (Å²) in [5.41, 5.74) is 3.93. The number of nitrogens with zero attached hydrogens (tertiary/aromatic N) is 2. The van der Waals surface area contributed by atoms with Crippen molar-refractivity contribution in [1.82, 2.24) is 15.1 Å². The van der Waals surface area contributed by atoms with Crippen LogP contribution in [0.15, 0.2) is 54.7 Å². The van der Waals surface area contributed by atoms with Crippen LogP contribution in [0.3, 0.4) is 0 Å². The number of hydrogen-bond donors (Lipinski definition) is 3. The first kappa shape index (κ1) is 24.0. The summed E-state index contributed by atoms with van der Waals surface area (Å²) in [6, 6.07) is 16.1. The first-order valence-corrected chi connectivity index (χ1v) is 11.3. The maximum absolute atomic E-state index is 12.8. The maximum Gasteiger partial charge on any atom is 0.411 e. The van der Waals surface area contributed by atoms with E-state index in [9.17, 15) is 14.4 Å². The van der Waals surface area contributed by atoms with E-state index >= 15 is 0 Å². The van der Waals surface area contributed by atoms with E-state index < -0.39 is 23.5 Å². The molecule has 3 N–H and O–H groups in total. The fourth-order valence-electron chi connectivity index (χ4n) is 4.34. The number of carbonyl (C=O) groups is 3. The summed E-state index contributed by atoms with van der Waals surface area (Å²) in [6.45, 7) is 3.61. The van der Waals surface area contributed by atoms with Gasteiger partial charge in [-0.3, -0.25) is 19.6 Å². The standard InChI is InChI=1S/C26H28N4O5/c1-26(2,13-12-22(31)32)28-24(33)23-21(14-30(3)29-23)27-25(34)35-15-20-18-10-6-4-8-16(18)17-9-5-7-11-19(17)20/h4-11,14,20H,12-13,15H2,1-3H3,(H,27,34)(H,28,33)(H,31,32). The SMILES string of the molecule is Cn1cc(NC(=O)OCC2c3ccccc3-c3ccccc32)c(C(=O)NC(C)(C)CCC(=O)O)n1. The van der Waals surface area contributed by atoms with Crippen molar-refractivity contribution in [3.05, 3.63) is 71.5 Å². The molecule has 1 aliphatic rings. The van der Waals surface area contributed by atoms with Gasteiger partial charge in [-0.05, 0) is 42.5 Å². The van der Waals surface area contributed by atoms with Crippen LogP contribution in [-0.4, -0.2) is 45.0 Å². The molecule has 0 fully saturated rings. The van der Waals surface area contributed by atoms with Crippen molar-refractivity contribution in [2.75, 3.05) is 11.9 Å². The number of carboxylic acids is 1. The van der Waals surface area contributed by atoms with Crippen LogP contribution in [0.4, 0.5) is 10.5 Å². The molecule has 0 radical (unpaired) electrons. The monoisotopic (exact) mass is 476 g/mol. The number of ether oxygens (including phenoxy) is 1. The van der Waals surface area contributed by atoms with Gasteiger partial charge in [-0.15, -0.1) is 0 Å². The summed E-state index contributed by atoms with van der Waals surface area (Å²) < 4.78 is 6.98. The molecule has 0 saturated carbocycles. The number of anilines is 1. The lowest BCUT2D eigenvalue weighted by Crippen LogP contribution is -2.44. The predicted molar refractivity (Wildman–Crippen MR) is 130 cm³/mol. The van der Waals surface area contributed by atoms with Gasteiger partial charge >= 0.3 is 12.1 Å². The summed E-state index contributed by atoms with van der Waals surface area (Å²) >= 11 is 0. The Balaban J connectivity index is 1.43. The van der Waals surface area contributed by atoms with Gasteiger partial charge in [-0.2, -0.15) is 5.10 Å². The Kier molecular flexibility index (Phi) is 6.59. The van der Waals surface area contributed by atoms with Gasteiger partial charge in [0, 0.05) is 31.1 Å². The third-order valence-corrected chi connectivity index (χ3v) is 6.04. The molecule has 4 rings (SSSR count). The minimum Gasteiger partial charge on any atom is -0.481 e. The Morgan fingerprint density at radius 2 is 1.66 bits per heavy atom. The highest BCUT2D eigenvalue weighted by Crippen LogP contribution is 2.44. The molecule has 0 unspecified atom stereocenters. The highest BCUT2D eigenvalue weighted by atomic mass is 16.5. The fourth-order valence-corrected chi connectivity index (χ4v) is 4.34. The van der Waals surface area contributed by atoms with Gasteiger partial charge in [-0.1, -0.05) is 48.5 Å². The highest BCUT2D eigenvalue weighted by molar-refractivity contribution is 6.01. The van der Waals surface area contributed by atoms with Crippen LogP contribution in [0.25, 0.3) is 11.1 Å². The van der Waals surface area contributed by atoms with Crippen LogP contribution in [0.5, 0.6) is 0 Å². The van der Waals surface area contributed by atoms with Crippen molar-refractivity contribution in [1.29, 1.82) is 0 Å². The lowest BCUT2D eigenvalue weighted by molar-refractivity contribution is -0.137. The molecule has 2 amide bonds. The summed E-state index contributed by atoms with van der Waals surface area (Å²) in [6.07, 6.45) is 0.982. The van der Waals surface area contributed by atoms with Gasteiger partial charge in [0.25, 0.3) is 5.91 Å². The number of aliphatic carboxylic acids is 1.